The van der Waals surface area contributed by atoms with Crippen molar-refractivity contribution in [2.24, 2.45) is 13.0 Å². The molecule has 26 heavy (non-hydrogen) atoms. The molecular formula is C21H32N2O3. The van der Waals surface area contributed by atoms with Gasteiger partial charge in [0.15, 0.2) is 5.75 Å². The molecule has 5 heteroatoms. The summed E-state index contributed by atoms with van der Waals surface area (Å²) in [6, 6.07) is 6.01. The summed E-state index contributed by atoms with van der Waals surface area (Å²) in [6.07, 6.45) is 4.43. The number of pyridine rings is 1. The molecule has 0 spiro atoms. The minimum atomic E-state index is -0.163. The SMILES string of the molecule is CCCCNc1ccc2c(OC)c(OCC(C)CCC)c(=O)n(C)c2c1. The highest BCUT2D eigenvalue weighted by Crippen LogP contribution is 2.33. The maximum absolute atomic E-state index is 12.8. The third-order valence-electron chi connectivity index (χ3n) is 4.67. The third-order valence-corrected chi connectivity index (χ3v) is 4.67. The monoisotopic (exact) mass is 360 g/mol. The van der Waals surface area contributed by atoms with Gasteiger partial charge in [0.1, 0.15) is 0 Å². The van der Waals surface area contributed by atoms with Gasteiger partial charge in [-0.2, -0.15) is 0 Å². The Balaban J connectivity index is 2.40. The summed E-state index contributed by atoms with van der Waals surface area (Å²) >= 11 is 0. The molecule has 0 aliphatic heterocycles. The van der Waals surface area contributed by atoms with Crippen molar-refractivity contribution in [3.63, 3.8) is 0 Å². The lowest BCUT2D eigenvalue weighted by Crippen LogP contribution is -2.22. The molecule has 0 aliphatic rings. The molecule has 0 fully saturated rings. The number of methoxy groups -OCH3 is 1. The van der Waals surface area contributed by atoms with Crippen LogP contribution in [0.2, 0.25) is 0 Å². The Kier molecular flexibility index (Phi) is 7.37. The smallest absolute Gasteiger partial charge is 0.297 e. The van der Waals surface area contributed by atoms with Crippen LogP contribution in [0.3, 0.4) is 0 Å². The number of hydrogen-bond acceptors (Lipinski definition) is 4. The summed E-state index contributed by atoms with van der Waals surface area (Å²) in [5.41, 5.74) is 1.68. The molecule has 5 nitrogen and oxygen atoms in total. The molecule has 1 unspecified atom stereocenters. The fraction of sp³-hybridized carbons (Fsp3) is 0.571. The van der Waals surface area contributed by atoms with Crippen LogP contribution in [0, 0.1) is 5.92 Å². The van der Waals surface area contributed by atoms with Gasteiger partial charge in [-0.15, -0.1) is 0 Å². The van der Waals surface area contributed by atoms with Crippen LogP contribution in [0.15, 0.2) is 23.0 Å². The molecule has 0 radical (unpaired) electrons. The zero-order valence-electron chi connectivity index (χ0n) is 16.7. The normalized spacial score (nSPS) is 12.2. The summed E-state index contributed by atoms with van der Waals surface area (Å²) in [7, 11) is 3.37. The molecule has 2 aromatic rings. The van der Waals surface area contributed by atoms with Crippen molar-refractivity contribution in [3.05, 3.63) is 28.6 Å². The summed E-state index contributed by atoms with van der Waals surface area (Å²) in [5, 5.41) is 4.29. The third kappa shape index (κ3) is 4.51. The predicted octanol–water partition coefficient (Wildman–Crippen LogP) is 4.57. The standard InChI is InChI=1S/C21H32N2O3/c1-6-8-12-22-16-10-11-17-18(13-16)23(4)21(24)20(19(17)25-5)26-14-15(3)9-7-2/h10-11,13,15,22H,6-9,12,14H2,1-5H3. The first kappa shape index (κ1) is 20.1. The fourth-order valence-corrected chi connectivity index (χ4v) is 3.13. The second-order valence-corrected chi connectivity index (χ2v) is 6.94. The molecule has 0 saturated carbocycles. The Morgan fingerprint density at radius 1 is 1.19 bits per heavy atom. The summed E-state index contributed by atoms with van der Waals surface area (Å²) in [4.78, 5) is 12.8. The maximum atomic E-state index is 12.8. The van der Waals surface area contributed by atoms with Gasteiger partial charge in [0.05, 0.1) is 19.2 Å². The van der Waals surface area contributed by atoms with Crippen molar-refractivity contribution in [2.45, 2.75) is 46.5 Å². The topological polar surface area (TPSA) is 52.5 Å². The predicted molar refractivity (Wildman–Crippen MR) is 109 cm³/mol. The average Bonchev–Trinajstić information content (AvgIpc) is 2.64. The molecule has 1 atom stereocenters. The number of fused-ring (bicyclic) bond motifs is 1. The molecule has 0 aliphatic carbocycles. The molecule has 1 heterocycles. The highest BCUT2D eigenvalue weighted by atomic mass is 16.5. The van der Waals surface area contributed by atoms with Crippen LogP contribution < -0.4 is 20.3 Å². The van der Waals surface area contributed by atoms with Gasteiger partial charge in [0.2, 0.25) is 5.75 Å². The number of benzene rings is 1. The van der Waals surface area contributed by atoms with Crippen molar-refractivity contribution < 1.29 is 9.47 Å². The number of hydrogen-bond donors (Lipinski definition) is 1. The van der Waals surface area contributed by atoms with Gasteiger partial charge in [-0.25, -0.2) is 0 Å². The maximum Gasteiger partial charge on any atom is 0.297 e. The first-order chi connectivity index (χ1) is 12.5. The lowest BCUT2D eigenvalue weighted by Gasteiger charge is -2.18. The van der Waals surface area contributed by atoms with Crippen molar-refractivity contribution >= 4 is 16.6 Å². The van der Waals surface area contributed by atoms with Crippen molar-refractivity contribution in [1.29, 1.82) is 0 Å². The van der Waals surface area contributed by atoms with Gasteiger partial charge in [0.25, 0.3) is 5.56 Å². The number of nitrogens with one attached hydrogen (secondary N) is 1. The highest BCUT2D eigenvalue weighted by molar-refractivity contribution is 5.90. The van der Waals surface area contributed by atoms with E-state index in [-0.39, 0.29) is 5.56 Å². The van der Waals surface area contributed by atoms with E-state index in [1.165, 1.54) is 0 Å². The van der Waals surface area contributed by atoms with E-state index >= 15 is 0 Å². The first-order valence-electron chi connectivity index (χ1n) is 9.60. The highest BCUT2D eigenvalue weighted by Gasteiger charge is 2.18. The molecule has 0 saturated heterocycles. The van der Waals surface area contributed by atoms with E-state index in [0.29, 0.717) is 24.0 Å². The number of rotatable bonds is 10. The Bertz CT molecular complexity index is 783. The van der Waals surface area contributed by atoms with Crippen LogP contribution in [0.1, 0.15) is 46.5 Å². The fourth-order valence-electron chi connectivity index (χ4n) is 3.13. The minimum absolute atomic E-state index is 0.163. The van der Waals surface area contributed by atoms with E-state index < -0.39 is 0 Å². The number of anilines is 1. The van der Waals surface area contributed by atoms with Gasteiger partial charge in [-0.05, 0) is 37.0 Å². The quantitative estimate of drug-likeness (QED) is 0.630. The van der Waals surface area contributed by atoms with E-state index in [0.717, 1.165) is 48.8 Å². The van der Waals surface area contributed by atoms with E-state index in [1.54, 1.807) is 18.7 Å². The lowest BCUT2D eigenvalue weighted by molar-refractivity contribution is 0.237. The van der Waals surface area contributed by atoms with Gasteiger partial charge in [0, 0.05) is 24.7 Å². The number of ether oxygens (including phenoxy) is 2. The van der Waals surface area contributed by atoms with Crippen LogP contribution in [-0.2, 0) is 7.05 Å². The van der Waals surface area contributed by atoms with Crippen molar-refractivity contribution in [1.82, 2.24) is 4.57 Å². The van der Waals surface area contributed by atoms with Crippen LogP contribution in [0.4, 0.5) is 5.69 Å². The number of nitrogens with zero attached hydrogens (tertiary/aromatic N) is 1. The van der Waals surface area contributed by atoms with Crippen molar-refractivity contribution in [3.8, 4) is 11.5 Å². The minimum Gasteiger partial charge on any atom is -0.492 e. The van der Waals surface area contributed by atoms with E-state index in [4.69, 9.17) is 9.47 Å². The Labute approximate surface area is 156 Å². The zero-order chi connectivity index (χ0) is 19.1. The lowest BCUT2D eigenvalue weighted by atomic mass is 10.1. The van der Waals surface area contributed by atoms with E-state index in [9.17, 15) is 4.79 Å². The molecule has 1 aromatic heterocycles. The van der Waals surface area contributed by atoms with E-state index in [1.807, 2.05) is 18.2 Å². The van der Waals surface area contributed by atoms with Crippen LogP contribution in [0.25, 0.3) is 10.9 Å². The molecule has 0 amide bonds. The Morgan fingerprint density at radius 2 is 1.96 bits per heavy atom. The summed E-state index contributed by atoms with van der Waals surface area (Å²) in [5.74, 6) is 1.22. The van der Waals surface area contributed by atoms with Gasteiger partial charge in [-0.3, -0.25) is 4.79 Å². The second-order valence-electron chi connectivity index (χ2n) is 6.94. The molecule has 1 aromatic carbocycles. The van der Waals surface area contributed by atoms with Crippen molar-refractivity contribution in [2.75, 3.05) is 25.6 Å². The average molecular weight is 360 g/mol. The molecule has 2 rings (SSSR count). The van der Waals surface area contributed by atoms with E-state index in [2.05, 4.69) is 26.1 Å². The zero-order valence-corrected chi connectivity index (χ0v) is 16.7. The van der Waals surface area contributed by atoms with Gasteiger partial charge < -0.3 is 19.4 Å². The molecule has 144 valence electrons. The van der Waals surface area contributed by atoms with Crippen LogP contribution >= 0.6 is 0 Å². The second kappa shape index (κ2) is 9.51. The molecule has 1 N–H and O–H groups in total. The number of unbranched alkanes of at least 4 members (excludes halogenated alkanes) is 1. The van der Waals surface area contributed by atoms with Crippen LogP contribution in [0.5, 0.6) is 11.5 Å². The van der Waals surface area contributed by atoms with Gasteiger partial charge >= 0.3 is 0 Å². The number of aromatic nitrogens is 1. The number of aryl methyl sites for hydroxylation is 1. The Morgan fingerprint density at radius 3 is 2.62 bits per heavy atom. The summed E-state index contributed by atoms with van der Waals surface area (Å²) < 4.78 is 13.1. The first-order valence-corrected chi connectivity index (χ1v) is 9.60. The summed E-state index contributed by atoms with van der Waals surface area (Å²) in [6.45, 7) is 7.89. The molecular weight excluding hydrogens is 328 g/mol. The molecule has 0 bridgehead atoms. The van der Waals surface area contributed by atoms with Crippen LogP contribution in [-0.4, -0.2) is 24.8 Å². The Hall–Kier alpha value is -2.17. The van der Waals surface area contributed by atoms with Gasteiger partial charge in [-0.1, -0.05) is 33.6 Å². The largest absolute Gasteiger partial charge is 0.492 e.